The maximum absolute atomic E-state index is 11.9. The second-order valence-electron chi connectivity index (χ2n) is 5.61. The van der Waals surface area contributed by atoms with Crippen molar-refractivity contribution in [2.24, 2.45) is 11.7 Å². The van der Waals surface area contributed by atoms with Crippen LogP contribution in [0.25, 0.3) is 0 Å². The van der Waals surface area contributed by atoms with E-state index < -0.39 is 0 Å². The van der Waals surface area contributed by atoms with E-state index in [0.717, 1.165) is 12.8 Å². The zero-order chi connectivity index (χ0) is 15.9. The second-order valence-corrected chi connectivity index (χ2v) is 6.05. The average molecular weight is 324 g/mol. The molecule has 0 radical (unpaired) electrons. The van der Waals surface area contributed by atoms with Gasteiger partial charge in [-0.25, -0.2) is 0 Å². The van der Waals surface area contributed by atoms with Crippen LogP contribution in [0.4, 0.5) is 0 Å². The highest BCUT2D eigenvalue weighted by Crippen LogP contribution is 2.32. The number of rotatable bonds is 8. The standard InChI is InChI=1S/C16H22ClN3O2/c17-13-7-5-12(6-8-13)16(22)19-9-1-2-15(21)20-14(10-18)11-3-4-11/h5-8,11,14H,1-4,9-10,18H2,(H,19,22)(H,20,21). The summed E-state index contributed by atoms with van der Waals surface area (Å²) in [5, 5.41) is 6.35. The van der Waals surface area contributed by atoms with Crippen LogP contribution < -0.4 is 16.4 Å². The molecule has 5 nitrogen and oxygen atoms in total. The third-order valence-corrected chi connectivity index (χ3v) is 4.02. The van der Waals surface area contributed by atoms with Crippen LogP contribution in [0.3, 0.4) is 0 Å². The van der Waals surface area contributed by atoms with E-state index in [9.17, 15) is 9.59 Å². The molecule has 0 bridgehead atoms. The van der Waals surface area contributed by atoms with Gasteiger partial charge in [0.2, 0.25) is 5.91 Å². The van der Waals surface area contributed by atoms with Crippen LogP contribution in [-0.2, 0) is 4.79 Å². The van der Waals surface area contributed by atoms with Gasteiger partial charge in [0.05, 0.1) is 0 Å². The van der Waals surface area contributed by atoms with Crippen LogP contribution in [0.5, 0.6) is 0 Å². The zero-order valence-electron chi connectivity index (χ0n) is 12.5. The first-order valence-corrected chi connectivity index (χ1v) is 8.01. The predicted octanol–water partition coefficient (Wildman–Crippen LogP) is 1.70. The first-order valence-electron chi connectivity index (χ1n) is 7.63. The number of benzene rings is 1. The molecular formula is C16H22ClN3O2. The molecule has 1 unspecified atom stereocenters. The Morgan fingerprint density at radius 2 is 1.95 bits per heavy atom. The molecule has 1 aromatic rings. The van der Waals surface area contributed by atoms with Crippen molar-refractivity contribution in [1.29, 1.82) is 0 Å². The lowest BCUT2D eigenvalue weighted by Gasteiger charge is -2.15. The van der Waals surface area contributed by atoms with Crippen molar-refractivity contribution in [3.63, 3.8) is 0 Å². The molecule has 1 saturated carbocycles. The van der Waals surface area contributed by atoms with Crippen molar-refractivity contribution in [2.75, 3.05) is 13.1 Å². The molecule has 0 spiro atoms. The Morgan fingerprint density at radius 1 is 1.27 bits per heavy atom. The lowest BCUT2D eigenvalue weighted by atomic mass is 10.1. The first-order chi connectivity index (χ1) is 10.6. The van der Waals surface area contributed by atoms with Gasteiger partial charge in [0.25, 0.3) is 5.91 Å². The van der Waals surface area contributed by atoms with Gasteiger partial charge in [-0.1, -0.05) is 11.6 Å². The van der Waals surface area contributed by atoms with Crippen LogP contribution in [0.15, 0.2) is 24.3 Å². The summed E-state index contributed by atoms with van der Waals surface area (Å²) < 4.78 is 0. The minimum absolute atomic E-state index is 0.00286. The normalized spacial score (nSPS) is 15.2. The van der Waals surface area contributed by atoms with Gasteiger partial charge < -0.3 is 16.4 Å². The summed E-state index contributed by atoms with van der Waals surface area (Å²) in [6.07, 6.45) is 3.30. The highest BCUT2D eigenvalue weighted by molar-refractivity contribution is 6.30. The van der Waals surface area contributed by atoms with Gasteiger partial charge in [-0.15, -0.1) is 0 Å². The minimum atomic E-state index is -0.158. The quantitative estimate of drug-likeness (QED) is 0.637. The van der Waals surface area contributed by atoms with Gasteiger partial charge in [0.15, 0.2) is 0 Å². The van der Waals surface area contributed by atoms with E-state index in [4.69, 9.17) is 17.3 Å². The van der Waals surface area contributed by atoms with Crippen LogP contribution in [0, 0.1) is 5.92 Å². The molecule has 1 atom stereocenters. The Labute approximate surface area is 135 Å². The first kappa shape index (κ1) is 16.8. The Balaban J connectivity index is 1.62. The summed E-state index contributed by atoms with van der Waals surface area (Å²) in [5.41, 5.74) is 6.21. The second kappa shape index (κ2) is 8.15. The molecule has 0 aromatic heterocycles. The van der Waals surface area contributed by atoms with Crippen molar-refractivity contribution in [3.05, 3.63) is 34.9 Å². The summed E-state index contributed by atoms with van der Waals surface area (Å²) in [4.78, 5) is 23.7. The van der Waals surface area contributed by atoms with Crippen molar-refractivity contribution >= 4 is 23.4 Å². The Kier molecular flexibility index (Phi) is 6.21. The molecular weight excluding hydrogens is 302 g/mol. The van der Waals surface area contributed by atoms with Gasteiger partial charge in [0, 0.05) is 36.1 Å². The van der Waals surface area contributed by atoms with E-state index in [1.807, 2.05) is 0 Å². The molecule has 0 aliphatic heterocycles. The molecule has 0 saturated heterocycles. The number of amides is 2. The predicted molar refractivity (Wildman–Crippen MR) is 86.7 cm³/mol. The Bertz CT molecular complexity index is 515. The molecule has 120 valence electrons. The molecule has 4 N–H and O–H groups in total. The SMILES string of the molecule is NCC(NC(=O)CCCNC(=O)c1ccc(Cl)cc1)C1CC1. The smallest absolute Gasteiger partial charge is 0.251 e. The molecule has 1 aliphatic carbocycles. The van der Waals surface area contributed by atoms with Crippen LogP contribution >= 0.6 is 11.6 Å². The largest absolute Gasteiger partial charge is 0.352 e. The molecule has 0 heterocycles. The summed E-state index contributed by atoms with van der Waals surface area (Å²) >= 11 is 5.77. The number of hydrogen-bond acceptors (Lipinski definition) is 3. The molecule has 1 fully saturated rings. The number of halogens is 1. The Hall–Kier alpha value is -1.59. The van der Waals surface area contributed by atoms with Crippen molar-refractivity contribution in [1.82, 2.24) is 10.6 Å². The van der Waals surface area contributed by atoms with E-state index >= 15 is 0 Å². The summed E-state index contributed by atoms with van der Waals surface area (Å²) in [6.45, 7) is 0.954. The van der Waals surface area contributed by atoms with Crippen molar-refractivity contribution in [2.45, 2.75) is 31.7 Å². The van der Waals surface area contributed by atoms with Crippen molar-refractivity contribution in [3.8, 4) is 0 Å². The molecule has 2 rings (SSSR count). The minimum Gasteiger partial charge on any atom is -0.352 e. The highest BCUT2D eigenvalue weighted by Gasteiger charge is 2.30. The van der Waals surface area contributed by atoms with Crippen LogP contribution in [0.2, 0.25) is 5.02 Å². The summed E-state index contributed by atoms with van der Waals surface area (Å²) in [7, 11) is 0. The zero-order valence-corrected chi connectivity index (χ0v) is 13.2. The van der Waals surface area contributed by atoms with Gasteiger partial charge in [-0.05, 0) is 49.4 Å². The Morgan fingerprint density at radius 3 is 2.55 bits per heavy atom. The third kappa shape index (κ3) is 5.31. The topological polar surface area (TPSA) is 84.2 Å². The van der Waals surface area contributed by atoms with Crippen molar-refractivity contribution < 1.29 is 9.59 Å². The van der Waals surface area contributed by atoms with E-state index in [2.05, 4.69) is 10.6 Å². The number of nitrogens with one attached hydrogen (secondary N) is 2. The highest BCUT2D eigenvalue weighted by atomic mass is 35.5. The van der Waals surface area contributed by atoms with Gasteiger partial charge >= 0.3 is 0 Å². The van der Waals surface area contributed by atoms with Crippen LogP contribution in [-0.4, -0.2) is 30.9 Å². The number of hydrogen-bond donors (Lipinski definition) is 3. The lowest BCUT2D eigenvalue weighted by molar-refractivity contribution is -0.122. The fourth-order valence-corrected chi connectivity index (χ4v) is 2.43. The molecule has 6 heteroatoms. The fraction of sp³-hybridized carbons (Fsp3) is 0.500. The molecule has 22 heavy (non-hydrogen) atoms. The number of nitrogens with two attached hydrogens (primary N) is 1. The van der Waals surface area contributed by atoms with Gasteiger partial charge in [-0.2, -0.15) is 0 Å². The summed E-state index contributed by atoms with van der Waals surface area (Å²) in [5.74, 6) is 0.400. The van der Waals surface area contributed by atoms with E-state index in [1.165, 1.54) is 0 Å². The maximum atomic E-state index is 11.9. The third-order valence-electron chi connectivity index (χ3n) is 3.76. The number of carbonyl (C=O) groups is 2. The fourth-order valence-electron chi connectivity index (χ4n) is 2.30. The maximum Gasteiger partial charge on any atom is 0.251 e. The van der Waals surface area contributed by atoms with Crippen LogP contribution in [0.1, 0.15) is 36.0 Å². The molecule has 1 aliphatic rings. The van der Waals surface area contributed by atoms with E-state index in [1.54, 1.807) is 24.3 Å². The average Bonchev–Trinajstić information content (AvgIpc) is 3.34. The van der Waals surface area contributed by atoms with Gasteiger partial charge in [-0.3, -0.25) is 9.59 Å². The summed E-state index contributed by atoms with van der Waals surface area (Å²) in [6, 6.07) is 6.80. The van der Waals surface area contributed by atoms with E-state index in [0.29, 0.717) is 42.4 Å². The van der Waals surface area contributed by atoms with Gasteiger partial charge in [0.1, 0.15) is 0 Å². The lowest BCUT2D eigenvalue weighted by Crippen LogP contribution is -2.41. The number of carbonyl (C=O) groups excluding carboxylic acids is 2. The molecule has 1 aromatic carbocycles. The van der Waals surface area contributed by atoms with E-state index in [-0.39, 0.29) is 17.9 Å². The monoisotopic (exact) mass is 323 g/mol. The molecule has 2 amide bonds.